The summed E-state index contributed by atoms with van der Waals surface area (Å²) in [5, 5.41) is 0. The zero-order valence-corrected chi connectivity index (χ0v) is 27.5. The van der Waals surface area contributed by atoms with Crippen LogP contribution in [-0.2, 0) is 16.1 Å². The number of ether oxygens (including phenoxy) is 4. The highest BCUT2D eigenvalue weighted by molar-refractivity contribution is 7.07. The fraction of sp³-hybridized carbons (Fsp3) is 0.184. The van der Waals surface area contributed by atoms with E-state index < -0.39 is 12.0 Å². The number of thiazole rings is 1. The summed E-state index contributed by atoms with van der Waals surface area (Å²) in [4.78, 5) is 33.4. The molecule has 5 aromatic rings. The van der Waals surface area contributed by atoms with Crippen LogP contribution in [0.15, 0.2) is 112 Å². The summed E-state index contributed by atoms with van der Waals surface area (Å²) in [7, 11) is 1.52. The van der Waals surface area contributed by atoms with Crippen LogP contribution in [0.5, 0.6) is 17.2 Å². The molecule has 0 N–H and O–H groups in total. The number of benzene rings is 4. The van der Waals surface area contributed by atoms with Gasteiger partial charge in [-0.2, -0.15) is 0 Å². The zero-order chi connectivity index (χ0) is 33.6. The molecule has 0 aliphatic carbocycles. The normalized spacial score (nSPS) is 14.2. The van der Waals surface area contributed by atoms with Gasteiger partial charge in [-0.1, -0.05) is 84.1 Å². The van der Waals surface area contributed by atoms with Gasteiger partial charge in [0.1, 0.15) is 18.2 Å². The third-order valence-electron chi connectivity index (χ3n) is 7.73. The lowest BCUT2D eigenvalue weighted by molar-refractivity contribution is -0.138. The first-order valence-electron chi connectivity index (χ1n) is 15.5. The number of rotatable bonds is 11. The molecular formula is C38H33FN2O6S. The van der Waals surface area contributed by atoms with E-state index in [9.17, 15) is 14.0 Å². The second kappa shape index (κ2) is 14.5. The fourth-order valence-corrected chi connectivity index (χ4v) is 6.53. The van der Waals surface area contributed by atoms with Crippen molar-refractivity contribution in [1.29, 1.82) is 0 Å². The van der Waals surface area contributed by atoms with Crippen LogP contribution < -0.4 is 29.1 Å². The number of hydrogen-bond acceptors (Lipinski definition) is 8. The number of esters is 1. The summed E-state index contributed by atoms with van der Waals surface area (Å²) in [6.45, 7) is 4.24. The number of fused-ring (bicyclic) bond motifs is 1. The number of para-hydroxylation sites is 1. The van der Waals surface area contributed by atoms with Gasteiger partial charge in [0.25, 0.3) is 5.56 Å². The molecule has 6 rings (SSSR count). The third-order valence-corrected chi connectivity index (χ3v) is 8.71. The maximum atomic E-state index is 14.4. The van der Waals surface area contributed by atoms with Crippen LogP contribution in [0, 0.1) is 5.82 Å². The minimum absolute atomic E-state index is 0.0454. The van der Waals surface area contributed by atoms with Gasteiger partial charge in [-0.05, 0) is 49.8 Å². The summed E-state index contributed by atoms with van der Waals surface area (Å²) >= 11 is 1.19. The average Bonchev–Trinajstić information content (AvgIpc) is 3.42. The van der Waals surface area contributed by atoms with Crippen molar-refractivity contribution in [3.8, 4) is 17.2 Å². The largest absolute Gasteiger partial charge is 0.494 e. The molecule has 0 saturated heterocycles. The number of nitrogens with zero attached hydrogens (tertiary/aromatic N) is 2. The van der Waals surface area contributed by atoms with Gasteiger partial charge >= 0.3 is 5.97 Å². The molecule has 244 valence electrons. The molecule has 0 fully saturated rings. The predicted octanol–water partition coefficient (Wildman–Crippen LogP) is 6.06. The van der Waals surface area contributed by atoms with Crippen molar-refractivity contribution < 1.29 is 28.1 Å². The smallest absolute Gasteiger partial charge is 0.338 e. The molecule has 0 amide bonds. The summed E-state index contributed by atoms with van der Waals surface area (Å²) in [5.74, 6) is 0.498. The highest BCUT2D eigenvalue weighted by atomic mass is 32.1. The molecule has 1 aliphatic heterocycles. The number of halogens is 1. The SMILES string of the molecule is CCOC(=O)C1=C(c2ccccc2)N=c2s/c(=C\c3cccc(OC)c3OCc3ccccc3F)c(=O)n2[C@@H]1c1ccc(OCC)cc1. The highest BCUT2D eigenvalue weighted by Gasteiger charge is 2.35. The molecule has 48 heavy (non-hydrogen) atoms. The van der Waals surface area contributed by atoms with E-state index in [0.29, 0.717) is 61.1 Å². The second-order valence-corrected chi connectivity index (χ2v) is 11.7. The second-order valence-electron chi connectivity index (χ2n) is 10.7. The van der Waals surface area contributed by atoms with Crippen LogP contribution >= 0.6 is 11.3 Å². The van der Waals surface area contributed by atoms with Gasteiger partial charge in [-0.15, -0.1) is 0 Å². The Labute approximate surface area is 280 Å². The van der Waals surface area contributed by atoms with Crippen molar-refractivity contribution in [2.75, 3.05) is 20.3 Å². The van der Waals surface area contributed by atoms with Crippen molar-refractivity contribution >= 4 is 29.1 Å². The minimum Gasteiger partial charge on any atom is -0.494 e. The topological polar surface area (TPSA) is 88.4 Å². The van der Waals surface area contributed by atoms with Gasteiger partial charge in [0.05, 0.1) is 42.2 Å². The van der Waals surface area contributed by atoms with Gasteiger partial charge in [0.2, 0.25) is 0 Å². The summed E-state index contributed by atoms with van der Waals surface area (Å²) in [5.41, 5.74) is 2.66. The van der Waals surface area contributed by atoms with Crippen molar-refractivity contribution in [3.63, 3.8) is 0 Å². The first kappa shape index (κ1) is 32.5. The first-order chi connectivity index (χ1) is 23.4. The van der Waals surface area contributed by atoms with E-state index in [-0.39, 0.29) is 30.2 Å². The van der Waals surface area contributed by atoms with Crippen LogP contribution in [0.4, 0.5) is 4.39 Å². The number of hydrogen-bond donors (Lipinski definition) is 0. The van der Waals surface area contributed by atoms with Crippen molar-refractivity contribution in [2.24, 2.45) is 4.99 Å². The maximum absolute atomic E-state index is 14.4. The van der Waals surface area contributed by atoms with Gasteiger partial charge in [0.15, 0.2) is 16.3 Å². The molecule has 1 aliphatic rings. The predicted molar refractivity (Wildman–Crippen MR) is 182 cm³/mol. The van der Waals surface area contributed by atoms with Crippen molar-refractivity contribution in [1.82, 2.24) is 4.57 Å². The quantitative estimate of drug-likeness (QED) is 0.160. The van der Waals surface area contributed by atoms with E-state index in [1.54, 1.807) is 49.4 Å². The highest BCUT2D eigenvalue weighted by Crippen LogP contribution is 2.36. The van der Waals surface area contributed by atoms with Crippen molar-refractivity contribution in [2.45, 2.75) is 26.5 Å². The van der Waals surface area contributed by atoms with E-state index in [1.165, 1.54) is 29.1 Å². The maximum Gasteiger partial charge on any atom is 0.338 e. The van der Waals surface area contributed by atoms with Crippen LogP contribution in [-0.4, -0.2) is 30.9 Å². The minimum atomic E-state index is -0.838. The Hall–Kier alpha value is -5.48. The van der Waals surface area contributed by atoms with Crippen LogP contribution in [0.25, 0.3) is 11.8 Å². The van der Waals surface area contributed by atoms with Gasteiger partial charge in [-0.25, -0.2) is 14.2 Å². The Morgan fingerprint density at radius 3 is 2.38 bits per heavy atom. The van der Waals surface area contributed by atoms with E-state index in [2.05, 4.69) is 0 Å². The van der Waals surface area contributed by atoms with Gasteiger partial charge in [0, 0.05) is 16.7 Å². The number of carbonyl (C=O) groups excluding carboxylic acids is 1. The zero-order valence-electron chi connectivity index (χ0n) is 26.6. The van der Waals surface area contributed by atoms with E-state index >= 15 is 0 Å². The van der Waals surface area contributed by atoms with Crippen LogP contribution in [0.3, 0.4) is 0 Å². The standard InChI is InChI=1S/C38H33FN2O6S/c1-4-45-28-20-18-25(19-21-28)34-32(37(43)46-5-2)33(24-12-7-6-8-13-24)40-38-41(34)36(42)31(48-38)22-26-15-11-17-30(44-3)35(26)47-23-27-14-9-10-16-29(27)39/h6-22,34H,4-5,23H2,1-3H3/b31-22-/t34-/m1/s1. The molecule has 0 radical (unpaired) electrons. The van der Waals surface area contributed by atoms with E-state index in [0.717, 1.165) is 0 Å². The molecule has 10 heteroatoms. The molecule has 0 bridgehead atoms. The Bertz CT molecular complexity index is 2160. The summed E-state index contributed by atoms with van der Waals surface area (Å²) < 4.78 is 39.2. The molecule has 0 spiro atoms. The average molecular weight is 665 g/mol. The molecule has 2 heterocycles. The molecule has 0 unspecified atom stereocenters. The lowest BCUT2D eigenvalue weighted by Crippen LogP contribution is -2.40. The van der Waals surface area contributed by atoms with Gasteiger partial charge < -0.3 is 18.9 Å². The molecule has 1 atom stereocenters. The molecule has 1 aromatic heterocycles. The Morgan fingerprint density at radius 2 is 1.67 bits per heavy atom. The monoisotopic (exact) mass is 664 g/mol. The number of aromatic nitrogens is 1. The molecular weight excluding hydrogens is 631 g/mol. The Balaban J connectivity index is 1.55. The molecule has 0 saturated carbocycles. The lowest BCUT2D eigenvalue weighted by atomic mass is 9.93. The van der Waals surface area contributed by atoms with Crippen molar-refractivity contribution in [3.05, 3.63) is 150 Å². The number of carbonyl (C=O) groups is 1. The summed E-state index contributed by atoms with van der Waals surface area (Å²) in [6, 6.07) is 27.5. The number of methoxy groups -OCH3 is 1. The summed E-state index contributed by atoms with van der Waals surface area (Å²) in [6.07, 6.45) is 1.70. The van der Waals surface area contributed by atoms with E-state index in [1.807, 2.05) is 61.5 Å². The lowest BCUT2D eigenvalue weighted by Gasteiger charge is -2.26. The first-order valence-corrected chi connectivity index (χ1v) is 16.3. The molecule has 8 nitrogen and oxygen atoms in total. The van der Waals surface area contributed by atoms with E-state index in [4.69, 9.17) is 23.9 Å². The molecule has 4 aromatic carbocycles. The van der Waals surface area contributed by atoms with Crippen LogP contribution in [0.1, 0.15) is 42.1 Å². The Morgan fingerprint density at radius 1 is 0.917 bits per heavy atom. The van der Waals surface area contributed by atoms with Crippen LogP contribution in [0.2, 0.25) is 0 Å². The van der Waals surface area contributed by atoms with Gasteiger partial charge in [-0.3, -0.25) is 9.36 Å². The third kappa shape index (κ3) is 6.52. The fourth-order valence-electron chi connectivity index (χ4n) is 5.54. The Kier molecular flexibility index (Phi) is 9.82.